The van der Waals surface area contributed by atoms with Crippen LogP contribution in [0.2, 0.25) is 26.2 Å². The molecule has 1 rings (SSSR count). The van der Waals surface area contributed by atoms with E-state index in [9.17, 15) is 0 Å². The number of hydrogen-bond acceptors (Lipinski definition) is 5. The van der Waals surface area contributed by atoms with Crippen molar-refractivity contribution in [1.29, 1.82) is 0 Å². The molecule has 0 amide bonds. The Morgan fingerprint density at radius 3 is 1.04 bits per heavy atom. The van der Waals surface area contributed by atoms with E-state index in [0.717, 1.165) is 0 Å². The fourth-order valence-corrected chi connectivity index (χ4v) is 16.6. The number of hydrogen-bond donors (Lipinski definition) is 2. The first-order valence-electron chi connectivity index (χ1n) is 13.5. The molecular weight excluding hydrogens is 669 g/mol. The lowest BCUT2D eigenvalue weighted by molar-refractivity contribution is 0.282. The molecule has 0 aliphatic carbocycles. The van der Waals surface area contributed by atoms with Crippen molar-refractivity contribution in [3.05, 3.63) is 18.2 Å². The molecule has 0 aliphatic rings. The van der Waals surface area contributed by atoms with Gasteiger partial charge in [0.1, 0.15) is 0 Å². The summed E-state index contributed by atoms with van der Waals surface area (Å²) in [6, 6.07) is 4.77. The van der Waals surface area contributed by atoms with E-state index in [1.807, 2.05) is 26.2 Å². The van der Waals surface area contributed by atoms with Crippen LogP contribution < -0.4 is 16.7 Å². The third kappa shape index (κ3) is 15.2. The summed E-state index contributed by atoms with van der Waals surface area (Å²) in [6.45, 7) is 7.23. The Balaban J connectivity index is 4.59. The monoisotopic (exact) mass is 692 g/mol. The molecule has 0 spiro atoms. The van der Waals surface area contributed by atoms with Crippen molar-refractivity contribution in [3.63, 3.8) is 0 Å². The van der Waals surface area contributed by atoms with Crippen molar-refractivity contribution in [2.24, 2.45) is 0 Å². The zero-order chi connectivity index (χ0) is 36.7. The van der Waals surface area contributed by atoms with E-state index in [1.165, 1.54) is 0 Å². The molecule has 0 unspecified atom stereocenters. The minimum Gasteiger partial charge on any atom is -0.402 e. The van der Waals surface area contributed by atoms with Gasteiger partial charge in [-0.15, -0.1) is 32.1 Å². The van der Waals surface area contributed by atoms with E-state index in [2.05, 4.69) is 146 Å². The van der Waals surface area contributed by atoms with Crippen LogP contribution in [0.4, 0.5) is 11.4 Å². The molecule has 0 bridgehead atoms. The fourth-order valence-electron chi connectivity index (χ4n) is 3.25. The van der Waals surface area contributed by atoms with Gasteiger partial charge in [0.15, 0.2) is 0 Å². The standard InChI is InChI=1S/C40H24N2O3Si4/c1-10-15-20-25-30-46(6,7)43-49(40-36-38(41)35-39(42)37-40,44-47(8,9)31-26-21-16-11-2)45-48(32-27-22-17-12-3,33-28-23-18-13-4)34-29-24-19-14-5/h1-5,35-37H,41-42H2,6-9H3. The highest BCUT2D eigenvalue weighted by molar-refractivity contribution is 7.05. The van der Waals surface area contributed by atoms with Crippen molar-refractivity contribution in [1.82, 2.24) is 0 Å². The first kappa shape index (κ1) is 40.0. The molecule has 4 N–H and O–H groups in total. The molecule has 0 radical (unpaired) electrons. The highest BCUT2D eigenvalue weighted by Gasteiger charge is 2.57. The molecule has 1 aromatic carbocycles. The van der Waals surface area contributed by atoms with Crippen LogP contribution in [0.1, 0.15) is 0 Å². The molecule has 228 valence electrons. The van der Waals surface area contributed by atoms with E-state index < -0.39 is 33.8 Å². The largest absolute Gasteiger partial charge is 0.509 e. The minimum absolute atomic E-state index is 0.286. The van der Waals surface area contributed by atoms with Gasteiger partial charge in [0.05, 0.1) is 0 Å². The Bertz CT molecular complexity index is 2170. The van der Waals surface area contributed by atoms with E-state index >= 15 is 0 Å². The van der Waals surface area contributed by atoms with E-state index in [4.69, 9.17) is 55.9 Å². The molecule has 0 saturated heterocycles. The Morgan fingerprint density at radius 1 is 0.429 bits per heavy atom. The molecule has 0 fully saturated rings. The average Bonchev–Trinajstić information content (AvgIpc) is 3.03. The second-order valence-corrected chi connectivity index (χ2v) is 22.5. The lowest BCUT2D eigenvalue weighted by Gasteiger charge is -2.40. The predicted molar refractivity (Wildman–Crippen MR) is 207 cm³/mol. The number of rotatable bonds is 7. The molecule has 0 heterocycles. The first-order chi connectivity index (χ1) is 23.3. The van der Waals surface area contributed by atoms with Gasteiger partial charge in [-0.05, 0) is 163 Å². The van der Waals surface area contributed by atoms with Gasteiger partial charge in [0.25, 0.3) is 16.6 Å². The maximum absolute atomic E-state index is 7.03. The molecule has 49 heavy (non-hydrogen) atoms. The van der Waals surface area contributed by atoms with E-state index in [1.54, 1.807) is 18.2 Å². The van der Waals surface area contributed by atoms with Crippen LogP contribution in [0.5, 0.6) is 0 Å². The second kappa shape index (κ2) is 20.2. The summed E-state index contributed by atoms with van der Waals surface area (Å²) in [4.78, 5) is 0. The average molecular weight is 693 g/mol. The summed E-state index contributed by atoms with van der Waals surface area (Å²) in [5.74, 6) is 49.6. The molecule has 5 nitrogen and oxygen atoms in total. The van der Waals surface area contributed by atoms with Crippen LogP contribution in [-0.4, -0.2) is 33.8 Å². The zero-order valence-corrected chi connectivity index (χ0v) is 31.0. The van der Waals surface area contributed by atoms with E-state index in [-0.39, 0.29) is 11.4 Å². The summed E-state index contributed by atoms with van der Waals surface area (Å²) in [5.41, 5.74) is 28.2. The summed E-state index contributed by atoms with van der Waals surface area (Å²) in [7, 11) is -14.8. The summed E-state index contributed by atoms with van der Waals surface area (Å²) < 4.78 is 20.9. The number of anilines is 2. The normalized spacial score (nSPS) is 8.71. The van der Waals surface area contributed by atoms with Crippen molar-refractivity contribution in [2.45, 2.75) is 26.2 Å². The van der Waals surface area contributed by atoms with Gasteiger partial charge in [-0.25, -0.2) is 0 Å². The lowest BCUT2D eigenvalue weighted by Crippen LogP contribution is -2.69. The van der Waals surface area contributed by atoms with Crippen LogP contribution in [0, 0.1) is 178 Å². The molecule has 0 saturated carbocycles. The van der Waals surface area contributed by atoms with Gasteiger partial charge in [-0.1, -0.05) is 27.7 Å². The Labute approximate surface area is 295 Å². The highest BCUT2D eigenvalue weighted by Crippen LogP contribution is 2.27. The smallest absolute Gasteiger partial charge is 0.402 e. The molecular formula is C40H24N2O3Si4. The Morgan fingerprint density at radius 2 is 0.735 bits per heavy atom. The first-order valence-corrected chi connectivity index (χ1v) is 22.9. The maximum atomic E-state index is 7.03. The maximum Gasteiger partial charge on any atom is 0.509 e. The second-order valence-electron chi connectivity index (χ2n) is 9.67. The van der Waals surface area contributed by atoms with Crippen LogP contribution in [0.15, 0.2) is 18.2 Å². The van der Waals surface area contributed by atoms with Gasteiger partial charge in [0.2, 0.25) is 0 Å². The summed E-state index contributed by atoms with van der Waals surface area (Å²) >= 11 is 0. The predicted octanol–water partition coefficient (Wildman–Crippen LogP) is 1.30. The van der Waals surface area contributed by atoms with Gasteiger partial charge < -0.3 is 23.8 Å². The number of nitrogens with two attached hydrogens (primary N) is 2. The quantitative estimate of drug-likeness (QED) is 0.256. The minimum atomic E-state index is -4.41. The zero-order valence-electron chi connectivity index (χ0n) is 27.0. The third-order valence-electron chi connectivity index (χ3n) is 4.83. The number of terminal acetylenes is 5. The highest BCUT2D eigenvalue weighted by atomic mass is 28.5. The van der Waals surface area contributed by atoms with Gasteiger partial charge >= 0.3 is 17.1 Å². The third-order valence-corrected chi connectivity index (χ3v) is 17.2. The number of benzene rings is 1. The SMILES string of the molecule is C#CC#CC#C[Si](C)(C)O[Si](O[Si](C)(C)C#CC#CC#C)(O[Si](C#CC#CC#C)(C#CC#CC#C)C#CC#CC#C)c1cc(N)cc(N)c1. The van der Waals surface area contributed by atoms with Gasteiger partial charge in [-0.2, -0.15) is 0 Å². The topological polar surface area (TPSA) is 79.7 Å². The molecule has 0 atom stereocenters. The molecule has 9 heteroatoms. The Hall–Kier alpha value is -7.03. The Kier molecular flexibility index (Phi) is 16.5. The van der Waals surface area contributed by atoms with E-state index in [0.29, 0.717) is 5.19 Å². The van der Waals surface area contributed by atoms with Crippen LogP contribution >= 0.6 is 0 Å². The summed E-state index contributed by atoms with van der Waals surface area (Å²) in [6.07, 6.45) is 26.5. The van der Waals surface area contributed by atoms with Crippen molar-refractivity contribution >= 4 is 50.3 Å². The lowest BCUT2D eigenvalue weighted by atomic mass is 10.3. The van der Waals surface area contributed by atoms with Crippen LogP contribution in [0.3, 0.4) is 0 Å². The fraction of sp³-hybridized carbons (Fsp3) is 0.100. The van der Waals surface area contributed by atoms with Crippen LogP contribution in [-0.2, 0) is 12.3 Å². The number of nitrogen functional groups attached to an aromatic ring is 2. The van der Waals surface area contributed by atoms with Crippen molar-refractivity contribution in [2.75, 3.05) is 11.5 Å². The summed E-state index contributed by atoms with van der Waals surface area (Å²) in [5, 5.41) is 0.348. The van der Waals surface area contributed by atoms with Gasteiger partial charge in [0, 0.05) is 16.6 Å². The van der Waals surface area contributed by atoms with Crippen LogP contribution in [0.25, 0.3) is 0 Å². The van der Waals surface area contributed by atoms with Crippen molar-refractivity contribution in [3.8, 4) is 178 Å². The molecule has 1 aromatic rings. The van der Waals surface area contributed by atoms with Gasteiger partial charge in [-0.3, -0.25) is 0 Å². The molecule has 0 aromatic heterocycles. The van der Waals surface area contributed by atoms with Crippen molar-refractivity contribution < 1.29 is 12.3 Å². The molecule has 0 aliphatic heterocycles.